The van der Waals surface area contributed by atoms with Crippen molar-refractivity contribution >= 4 is 118 Å². The van der Waals surface area contributed by atoms with Crippen LogP contribution in [0.5, 0.6) is 23.0 Å². The molecule has 0 fully saturated rings. The van der Waals surface area contributed by atoms with Crippen LogP contribution in [-0.2, 0) is 42.6 Å². The highest BCUT2D eigenvalue weighted by molar-refractivity contribution is 6.18. The van der Waals surface area contributed by atoms with E-state index in [9.17, 15) is 58.8 Å². The van der Waals surface area contributed by atoms with E-state index in [0.29, 0.717) is 143 Å². The summed E-state index contributed by atoms with van der Waals surface area (Å²) in [4.78, 5) is 126. The highest BCUT2D eigenvalue weighted by Gasteiger charge is 2.22. The minimum atomic E-state index is -0.606. The van der Waals surface area contributed by atoms with E-state index in [-0.39, 0.29) is 60.5 Å². The maximum atomic E-state index is 11.6. The third-order valence-electron chi connectivity index (χ3n) is 22.7. The number of aryl methyl sites for hydroxylation is 8. The number of amides is 8. The molecule has 8 rings (SSSR count). The van der Waals surface area contributed by atoms with Gasteiger partial charge in [-0.2, -0.15) is 0 Å². The molecule has 0 bridgehead atoms. The van der Waals surface area contributed by atoms with Crippen molar-refractivity contribution in [1.29, 1.82) is 0 Å². The molecule has 0 spiro atoms. The highest BCUT2D eigenvalue weighted by Crippen LogP contribution is 2.33. The van der Waals surface area contributed by atoms with E-state index in [1.807, 2.05) is 152 Å². The Bertz CT molecular complexity index is 5060. The number of alkyl halides is 2. The first kappa shape index (κ1) is 126. The lowest BCUT2D eigenvalue weighted by molar-refractivity contribution is 0.107. The number of halogens is 2. The van der Waals surface area contributed by atoms with Gasteiger partial charge >= 0.3 is 48.7 Å². The molecule has 0 unspecified atom stereocenters. The molecule has 0 aliphatic rings. The van der Waals surface area contributed by atoms with Gasteiger partial charge in [0.1, 0.15) is 89.4 Å². The Hall–Kier alpha value is -12.9. The topological polar surface area (TPSA) is 500 Å². The number of rotatable bonds is 27. The second kappa shape index (κ2) is 63.7. The van der Waals surface area contributed by atoms with Crippen LogP contribution >= 0.6 is 23.2 Å². The van der Waals surface area contributed by atoms with Gasteiger partial charge in [-0.25, -0.2) is 78.2 Å². The lowest BCUT2D eigenvalue weighted by atomic mass is 10.0. The fourth-order valence-corrected chi connectivity index (χ4v) is 12.0. The molecule has 0 radical (unpaired) electrons. The van der Waals surface area contributed by atoms with Crippen LogP contribution in [-0.4, -0.2) is 187 Å². The number of pyridine rings is 8. The van der Waals surface area contributed by atoms with E-state index >= 15 is 0 Å². The van der Waals surface area contributed by atoms with Crippen molar-refractivity contribution in [1.82, 2.24) is 39.9 Å². The van der Waals surface area contributed by atoms with Crippen molar-refractivity contribution in [3.8, 4) is 23.0 Å². The first-order valence-corrected chi connectivity index (χ1v) is 47.6. The number of nitrogens with one attached hydrogen (secondary N) is 8. The van der Waals surface area contributed by atoms with E-state index in [1.165, 1.54) is 0 Å². The molecule has 0 saturated heterocycles. The minimum absolute atomic E-state index is 0.141. The van der Waals surface area contributed by atoms with Gasteiger partial charge < -0.3 is 63.1 Å². The second-order valence-electron chi connectivity index (χ2n) is 34.1. The van der Waals surface area contributed by atoms with Crippen molar-refractivity contribution in [2.75, 3.05) is 121 Å². The number of methoxy groups -OCH3 is 1. The molecule has 39 heteroatoms. The Balaban J connectivity index is 0.000000806. The number of ether oxygens (including phenoxy) is 9. The first-order chi connectivity index (χ1) is 66.0. The number of nitrogens with zero attached hydrogens (tertiary/aromatic N) is 8. The maximum absolute atomic E-state index is 11.6. The first-order valence-electron chi connectivity index (χ1n) is 46.5. The molecule has 141 heavy (non-hydrogen) atoms. The predicted molar refractivity (Wildman–Crippen MR) is 556 cm³/mol. The molecule has 37 nitrogen and oxygen atoms in total. The second-order valence-corrected chi connectivity index (χ2v) is 34.9. The van der Waals surface area contributed by atoms with Gasteiger partial charge in [0.05, 0.1) is 74.2 Å². The van der Waals surface area contributed by atoms with Crippen molar-refractivity contribution in [2.24, 2.45) is 11.8 Å². The lowest BCUT2D eigenvalue weighted by Crippen LogP contribution is -2.18. The molecular weight excluding hydrogens is 1860 g/mol. The van der Waals surface area contributed by atoms with Crippen LogP contribution in [0.15, 0.2) is 0 Å². The van der Waals surface area contributed by atoms with Crippen LogP contribution in [0.1, 0.15) is 237 Å². The molecule has 0 atom stereocenters. The quantitative estimate of drug-likeness (QED) is 0.0129. The van der Waals surface area contributed by atoms with Crippen LogP contribution < -0.4 is 42.5 Å². The molecular formula is C102H154Cl2N16O21. The third-order valence-corrected chi connectivity index (χ3v) is 23.0. The van der Waals surface area contributed by atoms with Crippen molar-refractivity contribution in [3.63, 3.8) is 0 Å². The van der Waals surface area contributed by atoms with Crippen LogP contribution in [0, 0.1) is 206 Å². The van der Waals surface area contributed by atoms with Gasteiger partial charge in [0, 0.05) is 29.9 Å². The summed E-state index contributed by atoms with van der Waals surface area (Å²) >= 11 is 10.8. The van der Waals surface area contributed by atoms with Crippen molar-refractivity contribution in [2.45, 2.75) is 274 Å². The number of aromatic hydroxyl groups is 4. The fourth-order valence-electron chi connectivity index (χ4n) is 11.8. The van der Waals surface area contributed by atoms with E-state index in [1.54, 1.807) is 90.2 Å². The monoisotopic (exact) mass is 2010 g/mol. The average molecular weight is 2010 g/mol. The van der Waals surface area contributed by atoms with E-state index in [4.69, 9.17) is 65.8 Å². The fraction of sp³-hybridized carbons (Fsp3) is 0.529. The van der Waals surface area contributed by atoms with Crippen LogP contribution in [0.4, 0.5) is 84.9 Å². The average Bonchev–Trinajstić information content (AvgIpc) is 0.868. The number of carbonyl (C=O) groups is 8. The van der Waals surface area contributed by atoms with Crippen LogP contribution in [0.25, 0.3) is 0 Å². The predicted octanol–water partition coefficient (Wildman–Crippen LogP) is 23.9. The Morgan fingerprint density at radius 1 is 0.234 bits per heavy atom. The number of aromatic nitrogens is 8. The summed E-state index contributed by atoms with van der Waals surface area (Å²) < 4.78 is 44.4. The zero-order chi connectivity index (χ0) is 108. The summed E-state index contributed by atoms with van der Waals surface area (Å²) in [5.74, 6) is 5.73. The molecule has 782 valence electrons. The van der Waals surface area contributed by atoms with Gasteiger partial charge in [-0.15, -0.1) is 23.2 Å². The largest absolute Gasteiger partial charge is 0.506 e. The number of anilines is 8. The molecule has 0 saturated carbocycles. The molecule has 8 heterocycles. The Labute approximate surface area is 842 Å². The summed E-state index contributed by atoms with van der Waals surface area (Å²) in [7, 11) is 1.56. The van der Waals surface area contributed by atoms with Crippen molar-refractivity contribution < 1.29 is 101 Å². The van der Waals surface area contributed by atoms with Gasteiger partial charge in [0.25, 0.3) is 0 Å². The minimum Gasteiger partial charge on any atom is -0.506 e. The maximum Gasteiger partial charge on any atom is 0.412 e. The highest BCUT2D eigenvalue weighted by atomic mass is 35.5. The van der Waals surface area contributed by atoms with Crippen LogP contribution in [0.3, 0.4) is 0 Å². The Kier molecular flexibility index (Phi) is 57.0. The molecule has 8 aromatic rings. The van der Waals surface area contributed by atoms with Gasteiger partial charge in [-0.3, -0.25) is 42.5 Å². The van der Waals surface area contributed by atoms with E-state index in [2.05, 4.69) is 89.3 Å². The Morgan fingerprint density at radius 3 is 0.596 bits per heavy atom. The summed E-state index contributed by atoms with van der Waals surface area (Å²) in [5, 5.41) is 59.7. The number of unbranched alkanes of at least 4 members (excludes halogenated alkanes) is 2. The molecule has 8 amide bonds. The van der Waals surface area contributed by atoms with Gasteiger partial charge in [-0.05, 0) is 336 Å². The Morgan fingerprint density at radius 2 is 0.411 bits per heavy atom. The summed E-state index contributed by atoms with van der Waals surface area (Å²) in [6.07, 6.45) is 0.407. The third kappa shape index (κ3) is 42.6. The van der Waals surface area contributed by atoms with Gasteiger partial charge in [-0.1, -0.05) is 61.3 Å². The summed E-state index contributed by atoms with van der Waals surface area (Å²) in [6.45, 7) is 69.5. The zero-order valence-corrected chi connectivity index (χ0v) is 91.0. The van der Waals surface area contributed by atoms with E-state index in [0.717, 1.165) is 138 Å². The van der Waals surface area contributed by atoms with Gasteiger partial charge in [0.15, 0.2) is 0 Å². The molecule has 12 N–H and O–H groups in total. The normalized spacial score (nSPS) is 10.3. The van der Waals surface area contributed by atoms with Crippen LogP contribution in [0.2, 0.25) is 0 Å². The zero-order valence-electron chi connectivity index (χ0n) is 89.5. The molecule has 0 aliphatic heterocycles. The van der Waals surface area contributed by atoms with E-state index < -0.39 is 48.7 Å². The van der Waals surface area contributed by atoms with Crippen molar-refractivity contribution in [3.05, 3.63) is 157 Å². The van der Waals surface area contributed by atoms with Gasteiger partial charge in [0.2, 0.25) is 0 Å². The summed E-state index contributed by atoms with van der Waals surface area (Å²) in [6, 6.07) is 0. The SMILES string of the molecule is CCCCOC(=O)Nc1nc(C)c(C)c(C)c1C.CCCCOC(=O)Nc1nc(C)c(O)c(C)c1C.CCCOC(=O)Nc1nc(C)c(O)c(C)c1C.COCCOC(=O)Nc1nc(C)c(C)c(C)c1C.Cc1nc(NC(=O)OCC(C)C)c(C)c(C)c1C.Cc1nc(NC(=O)OCC(C)C)c(C)c(C)c1O.Cc1nc(NC(=O)OCCCl)c(C)c(C)c1C.Cc1nc(NC(=O)OCCCl)c(C)c(C)c1O. The molecule has 0 aliphatic carbocycles. The standard InChI is InChI=1S/2C14H22N2O2.3C13H20N2O3.C12H17ClN2O2.C12H18N2O3.C11H15ClN2O3/c1-8(2)7-18-14(17)16-13-11(5)9(3)10(4)12(6)15-13;1-6-7-8-18-14(17)16-13-11(4)9(2)10(3)12(5)15-13;1-8-9(2)11(4)14-12(10(8)3)15-13(16)18-7-6-17-5;1-7(2)6-18-13(17)15-12-9(4)8(3)11(16)10(5)14-12;1-5-6-7-18-13(17)15-12-9(3)8(2)11(16)10(4)14-12;1-7-8(2)10(4)14-11(9(7)3)15-12(16)17-6-5-13;1-5-6-17-12(16)14-11-8(3)7(2)10(15)9(4)13-11;1-6-7(2)10(13-8(3)9(6)15)14-11(16)17-5-4-12/h8H,7H2,1-6H3,(H,15,16,17);6-8H2,1-5H3,(H,15,16,17);6-7H2,1-5H3,(H,14,15,16);7,16H,6H2,1-5H3,(H,14,15,17);16H,5-7H2,1-4H3,(H,14,15,17);5-6H2,1-4H3,(H,14,15,16);15H,5-6H2,1-4H3,(H,13,14,16);15H,4-5H2,1-3H3,(H,13,14,16). The number of hydrogen-bond acceptors (Lipinski definition) is 29. The number of carbonyl (C=O) groups excluding carboxylic acids is 8. The molecule has 8 aromatic heterocycles. The summed E-state index contributed by atoms with van der Waals surface area (Å²) in [5.41, 5.74) is 24.4. The lowest BCUT2D eigenvalue weighted by Gasteiger charge is -2.14. The molecule has 0 aromatic carbocycles. The number of hydrogen-bond donors (Lipinski definition) is 12. The smallest absolute Gasteiger partial charge is 0.412 e.